The number of benzene rings is 2. The van der Waals surface area contributed by atoms with Crippen LogP contribution in [0.15, 0.2) is 54.2 Å². The molecule has 6 nitrogen and oxygen atoms in total. The summed E-state index contributed by atoms with van der Waals surface area (Å²) in [5, 5.41) is 11.3. The summed E-state index contributed by atoms with van der Waals surface area (Å²) in [5.74, 6) is -0.0692. The van der Waals surface area contributed by atoms with Gasteiger partial charge in [-0.05, 0) is 41.5 Å². The molecule has 0 aliphatic heterocycles. The van der Waals surface area contributed by atoms with Gasteiger partial charge in [0.15, 0.2) is 11.5 Å². The summed E-state index contributed by atoms with van der Waals surface area (Å²) in [5.41, 5.74) is 1.35. The Morgan fingerprint density at radius 3 is 2.38 bits per heavy atom. The quantitative estimate of drug-likeness (QED) is 0.243. The fourth-order valence-corrected chi connectivity index (χ4v) is 2.16. The van der Waals surface area contributed by atoms with E-state index in [1.54, 1.807) is 42.5 Å². The van der Waals surface area contributed by atoms with E-state index in [0.29, 0.717) is 16.3 Å². The van der Waals surface area contributed by atoms with Crippen molar-refractivity contribution in [2.24, 2.45) is 0 Å². The smallest absolute Gasteiger partial charge is 0.336 e. The lowest BCUT2D eigenvalue weighted by Gasteiger charge is -2.08. The highest BCUT2D eigenvalue weighted by Gasteiger charge is 2.10. The minimum absolute atomic E-state index is 0.0114. The molecule has 2 aromatic carbocycles. The van der Waals surface area contributed by atoms with Gasteiger partial charge in [0.05, 0.1) is 12.0 Å². The second-order valence-electron chi connectivity index (χ2n) is 5.26. The summed E-state index contributed by atoms with van der Waals surface area (Å²) in [7, 11) is 1.42. The Labute approximate surface area is 155 Å². The second-order valence-corrected chi connectivity index (χ2v) is 5.70. The lowest BCUT2D eigenvalue weighted by atomic mass is 10.1. The zero-order valence-corrected chi connectivity index (χ0v) is 14.9. The minimum atomic E-state index is -0.581. The van der Waals surface area contributed by atoms with Gasteiger partial charge in [0.2, 0.25) is 5.70 Å². The van der Waals surface area contributed by atoms with Crippen molar-refractivity contribution in [2.45, 2.75) is 6.92 Å². The maximum absolute atomic E-state index is 12.0. The first kappa shape index (κ1) is 19.2. The zero-order chi connectivity index (χ0) is 19.1. The molecule has 2 aromatic rings. The maximum atomic E-state index is 12.0. The Balaban J connectivity index is 2.13. The first-order valence-corrected chi connectivity index (χ1v) is 7.93. The molecule has 0 aliphatic carbocycles. The highest BCUT2D eigenvalue weighted by molar-refractivity contribution is 6.30. The fraction of sp³-hybridized carbons (Fsp3) is 0.105. The van der Waals surface area contributed by atoms with E-state index in [0.717, 1.165) is 5.56 Å². The van der Waals surface area contributed by atoms with Crippen molar-refractivity contribution in [3.05, 3.63) is 80.5 Å². The Kier molecular flexibility index (Phi) is 6.52. The predicted molar refractivity (Wildman–Crippen MR) is 99.8 cm³/mol. The van der Waals surface area contributed by atoms with Gasteiger partial charge in [-0.15, -0.1) is 0 Å². The molecular weight excluding hydrogens is 358 g/mol. The van der Waals surface area contributed by atoms with E-state index in [1.807, 2.05) is 0 Å². The molecule has 0 atom stereocenters. The van der Waals surface area contributed by atoms with Crippen molar-refractivity contribution < 1.29 is 19.2 Å². The van der Waals surface area contributed by atoms with Crippen molar-refractivity contribution in [2.75, 3.05) is 7.11 Å². The molecule has 0 radical (unpaired) electrons. The highest BCUT2D eigenvalue weighted by atomic mass is 35.5. The van der Waals surface area contributed by atoms with E-state index in [4.69, 9.17) is 21.1 Å². The highest BCUT2D eigenvalue weighted by Crippen LogP contribution is 2.29. The number of allylic oxidation sites excluding steroid dienone is 1. The standard InChI is InChI=1S/C19H16ClNO5/c1-13(21(23)24)11-15-5-9-17(18(12-15)25-2)26-19(22)10-6-14-3-7-16(20)8-4-14/h3-12H,1-2H3/b10-6+,13-11-. The third-order valence-corrected chi connectivity index (χ3v) is 3.60. The number of nitro groups is 1. The molecule has 7 heteroatoms. The predicted octanol–water partition coefficient (Wildman–Crippen LogP) is 4.60. The van der Waals surface area contributed by atoms with Crippen LogP contribution in [0.4, 0.5) is 0 Å². The number of nitrogens with zero attached hydrogens (tertiary/aromatic N) is 1. The number of rotatable bonds is 6. The van der Waals surface area contributed by atoms with Crippen molar-refractivity contribution in [1.82, 2.24) is 0 Å². The third-order valence-electron chi connectivity index (χ3n) is 3.34. The number of esters is 1. The molecule has 0 spiro atoms. The number of hydrogen-bond donors (Lipinski definition) is 0. The maximum Gasteiger partial charge on any atom is 0.336 e. The average Bonchev–Trinajstić information content (AvgIpc) is 2.62. The number of methoxy groups -OCH3 is 1. The van der Waals surface area contributed by atoms with Crippen LogP contribution in [0.3, 0.4) is 0 Å². The lowest BCUT2D eigenvalue weighted by Crippen LogP contribution is -2.05. The molecule has 0 N–H and O–H groups in total. The Bertz CT molecular complexity index is 872. The largest absolute Gasteiger partial charge is 0.493 e. The lowest BCUT2D eigenvalue weighted by molar-refractivity contribution is -0.422. The number of hydrogen-bond acceptors (Lipinski definition) is 5. The molecule has 0 fully saturated rings. The van der Waals surface area contributed by atoms with E-state index in [2.05, 4.69) is 0 Å². The first-order valence-electron chi connectivity index (χ1n) is 7.55. The molecule has 0 unspecified atom stereocenters. The van der Waals surface area contributed by atoms with Gasteiger partial charge in [0.1, 0.15) is 0 Å². The number of carbonyl (C=O) groups excluding carboxylic acids is 1. The summed E-state index contributed by atoms with van der Waals surface area (Å²) in [4.78, 5) is 22.2. The molecule has 0 saturated carbocycles. The number of halogens is 1. The summed E-state index contributed by atoms with van der Waals surface area (Å²) in [6.07, 6.45) is 4.28. The van der Waals surface area contributed by atoms with Crippen LogP contribution in [0.1, 0.15) is 18.1 Å². The zero-order valence-electron chi connectivity index (χ0n) is 14.1. The van der Waals surface area contributed by atoms with E-state index in [9.17, 15) is 14.9 Å². The molecular formula is C19H16ClNO5. The normalized spacial score (nSPS) is 11.4. The van der Waals surface area contributed by atoms with Crippen LogP contribution in [0.2, 0.25) is 5.02 Å². The van der Waals surface area contributed by atoms with Gasteiger partial charge in [0, 0.05) is 24.1 Å². The van der Waals surface area contributed by atoms with Gasteiger partial charge in [-0.25, -0.2) is 4.79 Å². The molecule has 134 valence electrons. The first-order chi connectivity index (χ1) is 12.4. The van der Waals surface area contributed by atoms with Gasteiger partial charge >= 0.3 is 5.97 Å². The van der Waals surface area contributed by atoms with Crippen LogP contribution in [0.25, 0.3) is 12.2 Å². The second kappa shape index (κ2) is 8.82. The number of ether oxygens (including phenoxy) is 2. The van der Waals surface area contributed by atoms with E-state index < -0.39 is 10.9 Å². The van der Waals surface area contributed by atoms with Gasteiger partial charge in [-0.1, -0.05) is 29.8 Å². The van der Waals surface area contributed by atoms with Crippen molar-refractivity contribution in [3.63, 3.8) is 0 Å². The molecule has 0 bridgehead atoms. The Morgan fingerprint density at radius 1 is 1.12 bits per heavy atom. The van der Waals surface area contributed by atoms with Crippen molar-refractivity contribution in [3.8, 4) is 11.5 Å². The van der Waals surface area contributed by atoms with Gasteiger partial charge in [-0.2, -0.15) is 0 Å². The monoisotopic (exact) mass is 373 g/mol. The topological polar surface area (TPSA) is 78.7 Å². The van der Waals surface area contributed by atoms with Crippen LogP contribution in [-0.2, 0) is 4.79 Å². The van der Waals surface area contributed by atoms with E-state index >= 15 is 0 Å². The summed E-state index contributed by atoms with van der Waals surface area (Å²) in [6.45, 7) is 1.39. The Hall–Kier alpha value is -3.12. The molecule has 0 heterocycles. The van der Waals surface area contributed by atoms with E-state index in [-0.39, 0.29) is 11.4 Å². The third kappa shape index (κ3) is 5.46. The van der Waals surface area contributed by atoms with Crippen LogP contribution < -0.4 is 9.47 Å². The van der Waals surface area contributed by atoms with E-state index in [1.165, 1.54) is 32.3 Å². The number of carbonyl (C=O) groups is 1. The summed E-state index contributed by atoms with van der Waals surface area (Å²) < 4.78 is 10.4. The summed E-state index contributed by atoms with van der Waals surface area (Å²) in [6, 6.07) is 11.6. The molecule has 2 rings (SSSR count). The van der Waals surface area contributed by atoms with Crippen LogP contribution in [-0.4, -0.2) is 18.0 Å². The molecule has 0 aromatic heterocycles. The molecule has 26 heavy (non-hydrogen) atoms. The van der Waals surface area contributed by atoms with Crippen molar-refractivity contribution >= 4 is 29.7 Å². The van der Waals surface area contributed by atoms with Crippen molar-refractivity contribution in [1.29, 1.82) is 0 Å². The fourth-order valence-electron chi connectivity index (χ4n) is 2.03. The minimum Gasteiger partial charge on any atom is -0.493 e. The molecule has 0 aliphatic rings. The van der Waals surface area contributed by atoms with Crippen LogP contribution >= 0.6 is 11.6 Å². The molecule has 0 saturated heterocycles. The molecule has 0 amide bonds. The van der Waals surface area contributed by atoms with Gasteiger partial charge < -0.3 is 9.47 Å². The van der Waals surface area contributed by atoms with Gasteiger partial charge in [-0.3, -0.25) is 10.1 Å². The van der Waals surface area contributed by atoms with Crippen LogP contribution in [0, 0.1) is 10.1 Å². The summed E-state index contributed by atoms with van der Waals surface area (Å²) >= 11 is 5.81. The Morgan fingerprint density at radius 2 is 1.77 bits per heavy atom. The average molecular weight is 374 g/mol. The SMILES string of the molecule is COc1cc(/C=C(/C)[N+](=O)[O-])ccc1OC(=O)/C=C/c1ccc(Cl)cc1. The van der Waals surface area contributed by atoms with Gasteiger partial charge in [0.25, 0.3) is 0 Å². The van der Waals surface area contributed by atoms with Crippen LogP contribution in [0.5, 0.6) is 11.5 Å².